The Balaban J connectivity index is 3.07. The normalized spacial score (nSPS) is 11.9. The van der Waals surface area contributed by atoms with Crippen molar-refractivity contribution in [1.82, 2.24) is 4.72 Å². The summed E-state index contributed by atoms with van der Waals surface area (Å²) in [6.45, 7) is -0.333. The zero-order valence-electron chi connectivity index (χ0n) is 10.7. The monoisotopic (exact) mass is 327 g/mol. The van der Waals surface area contributed by atoms with Gasteiger partial charge in [0.15, 0.2) is 0 Å². The predicted octanol–water partition coefficient (Wildman–Crippen LogP) is 1.18. The Bertz CT molecular complexity index is 631. The van der Waals surface area contributed by atoms with Gasteiger partial charge in [0.25, 0.3) is 0 Å². The molecule has 0 aliphatic carbocycles. The molecule has 4 N–H and O–H groups in total. The molecule has 0 radical (unpaired) electrons. The molecule has 0 heterocycles. The molecule has 0 unspecified atom stereocenters. The summed E-state index contributed by atoms with van der Waals surface area (Å²) in [6.07, 6.45) is -5.82. The zero-order valence-corrected chi connectivity index (χ0v) is 11.5. The van der Waals surface area contributed by atoms with Gasteiger partial charge in [-0.25, -0.2) is 9.52 Å². The molecule has 0 saturated carbocycles. The van der Waals surface area contributed by atoms with Gasteiger partial charge in [-0.3, -0.25) is 4.72 Å². The van der Waals surface area contributed by atoms with Gasteiger partial charge in [0.2, 0.25) is 0 Å². The second kappa shape index (κ2) is 6.18. The number of anilines is 1. The third-order valence-electron chi connectivity index (χ3n) is 2.30. The largest absolute Gasteiger partial charge is 0.452 e. The van der Waals surface area contributed by atoms with Gasteiger partial charge in [-0.15, -0.1) is 0 Å². The van der Waals surface area contributed by atoms with Crippen LogP contribution in [0.25, 0.3) is 0 Å². The summed E-state index contributed by atoms with van der Waals surface area (Å²) in [6, 6.07) is 2.31. The predicted molar refractivity (Wildman–Crippen MR) is 67.4 cm³/mol. The maximum absolute atomic E-state index is 12.5. The minimum Gasteiger partial charge on any atom is -0.452 e. The van der Waals surface area contributed by atoms with Crippen LogP contribution in [0.2, 0.25) is 0 Å². The number of alkyl halides is 3. The van der Waals surface area contributed by atoms with Gasteiger partial charge in [0.1, 0.15) is 0 Å². The van der Waals surface area contributed by atoms with E-state index in [2.05, 4.69) is 4.74 Å². The third kappa shape index (κ3) is 4.79. The first-order chi connectivity index (χ1) is 9.59. The van der Waals surface area contributed by atoms with Crippen molar-refractivity contribution in [2.24, 2.45) is 5.73 Å². The molecule has 1 aromatic carbocycles. The molecule has 1 aromatic rings. The van der Waals surface area contributed by atoms with Crippen LogP contribution in [0.5, 0.6) is 0 Å². The third-order valence-corrected chi connectivity index (χ3v) is 3.22. The molecule has 118 valence electrons. The highest BCUT2D eigenvalue weighted by molar-refractivity contribution is 7.91. The topological polar surface area (TPSA) is 111 Å². The number of benzene rings is 1. The van der Waals surface area contributed by atoms with Gasteiger partial charge in [0, 0.05) is 6.54 Å². The molecule has 21 heavy (non-hydrogen) atoms. The fraction of sp³-hybridized carbons (Fsp3) is 0.300. The van der Waals surface area contributed by atoms with Crippen LogP contribution in [0.3, 0.4) is 0 Å². The molecule has 0 aliphatic heterocycles. The smallest absolute Gasteiger partial charge is 0.422 e. The summed E-state index contributed by atoms with van der Waals surface area (Å²) in [5, 5.41) is 0. The molecule has 11 heteroatoms. The fourth-order valence-electron chi connectivity index (χ4n) is 1.36. The molecular formula is C10H12F3N3O4S. The number of amides is 1. The lowest BCUT2D eigenvalue weighted by Gasteiger charge is -2.14. The number of nitrogens with two attached hydrogens (primary N) is 1. The number of methoxy groups -OCH3 is 1. The van der Waals surface area contributed by atoms with E-state index in [-0.39, 0.29) is 17.8 Å². The van der Waals surface area contributed by atoms with Crippen LogP contribution < -0.4 is 15.2 Å². The molecule has 0 aliphatic rings. The van der Waals surface area contributed by atoms with Crippen LogP contribution in [0.1, 0.15) is 11.1 Å². The standard InChI is InChI=1S/C10H12F3N3O4S/c1-20-9(17)16-21(18,19)15-8-3-2-7(10(11,12)13)4-6(8)5-14/h2-4,15H,5,14H2,1H3,(H,16,17). The summed E-state index contributed by atoms with van der Waals surface area (Å²) >= 11 is 0. The Hall–Kier alpha value is -2.01. The van der Waals surface area contributed by atoms with E-state index in [9.17, 15) is 26.4 Å². The van der Waals surface area contributed by atoms with E-state index in [1.54, 1.807) is 0 Å². The molecule has 0 bridgehead atoms. The summed E-state index contributed by atoms with van der Waals surface area (Å²) in [5.74, 6) is 0. The van der Waals surface area contributed by atoms with Gasteiger partial charge >= 0.3 is 22.5 Å². The van der Waals surface area contributed by atoms with Crippen LogP contribution in [-0.4, -0.2) is 21.6 Å². The van der Waals surface area contributed by atoms with E-state index in [1.165, 1.54) is 4.72 Å². The number of carbonyl (C=O) groups excluding carboxylic acids is 1. The van der Waals surface area contributed by atoms with Crippen LogP contribution in [0.4, 0.5) is 23.7 Å². The van der Waals surface area contributed by atoms with Crippen molar-refractivity contribution < 1.29 is 31.1 Å². The summed E-state index contributed by atoms with van der Waals surface area (Å²) in [7, 11) is -3.39. The average Bonchev–Trinajstić information content (AvgIpc) is 2.36. The first-order valence-corrected chi connectivity index (χ1v) is 6.86. The molecule has 0 saturated heterocycles. The molecule has 1 amide bonds. The second-order valence-corrected chi connectivity index (χ2v) is 5.19. The minimum atomic E-state index is -4.58. The van der Waals surface area contributed by atoms with E-state index in [0.29, 0.717) is 6.07 Å². The number of halogens is 3. The van der Waals surface area contributed by atoms with Crippen LogP contribution in [0.15, 0.2) is 18.2 Å². The SMILES string of the molecule is COC(=O)NS(=O)(=O)Nc1ccc(C(F)(F)F)cc1CN. The van der Waals surface area contributed by atoms with Crippen molar-refractivity contribution in [3.05, 3.63) is 29.3 Å². The zero-order chi connectivity index (χ0) is 16.3. The van der Waals surface area contributed by atoms with Crippen molar-refractivity contribution in [2.45, 2.75) is 12.7 Å². The summed E-state index contributed by atoms with van der Waals surface area (Å²) < 4.78 is 68.2. The number of carbonyl (C=O) groups is 1. The van der Waals surface area contributed by atoms with Crippen molar-refractivity contribution in [3.8, 4) is 0 Å². The maximum Gasteiger partial charge on any atom is 0.422 e. The van der Waals surface area contributed by atoms with E-state index in [4.69, 9.17) is 5.73 Å². The number of hydrogen-bond donors (Lipinski definition) is 3. The van der Waals surface area contributed by atoms with E-state index >= 15 is 0 Å². The molecule has 7 nitrogen and oxygen atoms in total. The van der Waals surface area contributed by atoms with E-state index in [1.807, 2.05) is 4.72 Å². The number of hydrogen-bond acceptors (Lipinski definition) is 5. The molecule has 0 spiro atoms. The highest BCUT2D eigenvalue weighted by atomic mass is 32.2. The van der Waals surface area contributed by atoms with Crippen LogP contribution >= 0.6 is 0 Å². The van der Waals surface area contributed by atoms with Crippen molar-refractivity contribution >= 4 is 22.0 Å². The average molecular weight is 327 g/mol. The quantitative estimate of drug-likeness (QED) is 0.769. The maximum atomic E-state index is 12.5. The van der Waals surface area contributed by atoms with Gasteiger partial charge in [0.05, 0.1) is 18.4 Å². The second-order valence-electron chi connectivity index (χ2n) is 3.77. The lowest BCUT2D eigenvalue weighted by atomic mass is 10.1. The summed E-state index contributed by atoms with van der Waals surface area (Å²) in [5.41, 5.74) is 4.07. The Morgan fingerprint density at radius 1 is 1.38 bits per heavy atom. The summed E-state index contributed by atoms with van der Waals surface area (Å²) in [4.78, 5) is 10.8. The number of ether oxygens (including phenoxy) is 1. The van der Waals surface area contributed by atoms with Crippen molar-refractivity contribution in [3.63, 3.8) is 0 Å². The number of rotatable bonds is 4. The van der Waals surface area contributed by atoms with Crippen molar-refractivity contribution in [2.75, 3.05) is 11.8 Å². The fourth-order valence-corrected chi connectivity index (χ4v) is 2.20. The highest BCUT2D eigenvalue weighted by Gasteiger charge is 2.31. The van der Waals surface area contributed by atoms with Crippen LogP contribution in [0, 0.1) is 0 Å². The Labute approximate surface area is 118 Å². The molecule has 1 rings (SSSR count). The van der Waals surface area contributed by atoms with Gasteiger partial charge in [-0.2, -0.15) is 21.6 Å². The Kier molecular flexibility index (Phi) is 5.01. The first-order valence-electron chi connectivity index (χ1n) is 5.37. The van der Waals surface area contributed by atoms with Gasteiger partial charge < -0.3 is 10.5 Å². The first kappa shape index (κ1) is 17.0. The van der Waals surface area contributed by atoms with E-state index < -0.39 is 28.0 Å². The van der Waals surface area contributed by atoms with Crippen molar-refractivity contribution in [1.29, 1.82) is 0 Å². The molecule has 0 aromatic heterocycles. The molecular weight excluding hydrogens is 315 g/mol. The minimum absolute atomic E-state index is 0.0833. The lowest BCUT2D eigenvalue weighted by Crippen LogP contribution is -2.35. The Morgan fingerprint density at radius 3 is 2.48 bits per heavy atom. The number of nitrogens with one attached hydrogen (secondary N) is 2. The lowest BCUT2D eigenvalue weighted by molar-refractivity contribution is -0.137. The van der Waals surface area contributed by atoms with Gasteiger partial charge in [-0.05, 0) is 23.8 Å². The molecule has 0 fully saturated rings. The highest BCUT2D eigenvalue weighted by Crippen LogP contribution is 2.31. The van der Waals surface area contributed by atoms with Crippen LogP contribution in [-0.2, 0) is 27.7 Å². The Morgan fingerprint density at radius 2 is 2.00 bits per heavy atom. The van der Waals surface area contributed by atoms with E-state index in [0.717, 1.165) is 19.2 Å². The van der Waals surface area contributed by atoms with Gasteiger partial charge in [-0.1, -0.05) is 0 Å². The molecule has 0 atom stereocenters.